The maximum absolute atomic E-state index is 8.39. The maximum Gasteiger partial charge on any atom is 0.0615 e. The Morgan fingerprint density at radius 1 is 1.50 bits per heavy atom. The van der Waals surface area contributed by atoms with Crippen molar-refractivity contribution >= 4 is 0 Å². The van der Waals surface area contributed by atoms with Crippen LogP contribution in [0.3, 0.4) is 0 Å². The first kappa shape index (κ1) is 9.44. The molecule has 10 heavy (non-hydrogen) atoms. The number of hydrogen-bond donors (Lipinski definition) is 1. The molecular formula is C9H16O. The summed E-state index contributed by atoms with van der Waals surface area (Å²) in [6, 6.07) is 0. The first-order chi connectivity index (χ1) is 4.81. The van der Waals surface area contributed by atoms with Crippen LogP contribution in [0.4, 0.5) is 0 Å². The standard InChI is InChI=1S/C9H16O/c1-3-6-9(2)7-4-5-8-10/h4-5,7,10H,3,6,8H2,1-2H3. The molecule has 0 bridgehead atoms. The summed E-state index contributed by atoms with van der Waals surface area (Å²) < 4.78 is 0. The molecule has 0 amide bonds. The van der Waals surface area contributed by atoms with Gasteiger partial charge < -0.3 is 5.11 Å². The highest BCUT2D eigenvalue weighted by atomic mass is 16.2. The van der Waals surface area contributed by atoms with E-state index in [1.807, 2.05) is 12.2 Å². The largest absolute Gasteiger partial charge is 0.392 e. The summed E-state index contributed by atoms with van der Waals surface area (Å²) in [6.07, 6.45) is 8.01. The molecule has 58 valence electrons. The number of hydrogen-bond acceptors (Lipinski definition) is 1. The smallest absolute Gasteiger partial charge is 0.0615 e. The van der Waals surface area contributed by atoms with Gasteiger partial charge in [0.15, 0.2) is 0 Å². The van der Waals surface area contributed by atoms with Crippen molar-refractivity contribution in [3.63, 3.8) is 0 Å². The average molecular weight is 140 g/mol. The van der Waals surface area contributed by atoms with Gasteiger partial charge in [0.05, 0.1) is 6.61 Å². The van der Waals surface area contributed by atoms with E-state index in [2.05, 4.69) is 13.8 Å². The first-order valence-corrected chi connectivity index (χ1v) is 3.74. The molecule has 0 heterocycles. The minimum atomic E-state index is 0.135. The second-order valence-electron chi connectivity index (χ2n) is 2.37. The van der Waals surface area contributed by atoms with Crippen molar-refractivity contribution in [2.45, 2.75) is 26.7 Å². The van der Waals surface area contributed by atoms with E-state index < -0.39 is 0 Å². The summed E-state index contributed by atoms with van der Waals surface area (Å²) >= 11 is 0. The van der Waals surface area contributed by atoms with Gasteiger partial charge >= 0.3 is 0 Å². The molecule has 0 aromatic rings. The van der Waals surface area contributed by atoms with Crippen LogP contribution in [0.2, 0.25) is 0 Å². The fourth-order valence-electron chi connectivity index (χ4n) is 0.771. The Kier molecular flexibility index (Phi) is 6.19. The molecule has 0 radical (unpaired) electrons. The van der Waals surface area contributed by atoms with Crippen LogP contribution in [0.25, 0.3) is 0 Å². The predicted octanol–water partition coefficient (Wildman–Crippen LogP) is 2.28. The molecule has 1 nitrogen and oxygen atoms in total. The Hall–Kier alpha value is -0.560. The minimum Gasteiger partial charge on any atom is -0.392 e. The van der Waals surface area contributed by atoms with E-state index in [9.17, 15) is 0 Å². The summed E-state index contributed by atoms with van der Waals surface area (Å²) in [6.45, 7) is 4.40. The SMILES string of the molecule is CCCC(C)=CC=CCO. The lowest BCUT2D eigenvalue weighted by Gasteiger charge is -1.92. The predicted molar refractivity (Wildman–Crippen MR) is 44.9 cm³/mol. The third-order valence-corrected chi connectivity index (χ3v) is 1.27. The zero-order chi connectivity index (χ0) is 7.82. The molecule has 0 aliphatic carbocycles. The van der Waals surface area contributed by atoms with Gasteiger partial charge in [-0.3, -0.25) is 0 Å². The summed E-state index contributed by atoms with van der Waals surface area (Å²) in [7, 11) is 0. The van der Waals surface area contributed by atoms with Gasteiger partial charge in [-0.15, -0.1) is 0 Å². The molecule has 0 saturated heterocycles. The van der Waals surface area contributed by atoms with E-state index in [0.717, 1.165) is 6.42 Å². The van der Waals surface area contributed by atoms with Crippen molar-refractivity contribution < 1.29 is 5.11 Å². The van der Waals surface area contributed by atoms with Crippen molar-refractivity contribution in [1.82, 2.24) is 0 Å². The number of allylic oxidation sites excluding steroid dienone is 3. The van der Waals surface area contributed by atoms with E-state index >= 15 is 0 Å². The van der Waals surface area contributed by atoms with Crippen LogP contribution in [-0.4, -0.2) is 11.7 Å². The molecule has 0 spiro atoms. The van der Waals surface area contributed by atoms with Crippen LogP contribution in [0.5, 0.6) is 0 Å². The highest BCUT2D eigenvalue weighted by molar-refractivity contribution is 5.10. The molecule has 0 unspecified atom stereocenters. The number of aliphatic hydroxyl groups is 1. The Labute approximate surface area is 63.1 Å². The Morgan fingerprint density at radius 3 is 2.70 bits per heavy atom. The minimum absolute atomic E-state index is 0.135. The van der Waals surface area contributed by atoms with Crippen molar-refractivity contribution in [1.29, 1.82) is 0 Å². The Morgan fingerprint density at radius 2 is 2.20 bits per heavy atom. The average Bonchev–Trinajstić information content (AvgIpc) is 1.89. The molecular weight excluding hydrogens is 124 g/mol. The molecule has 0 aromatic carbocycles. The molecule has 1 heteroatoms. The monoisotopic (exact) mass is 140 g/mol. The summed E-state index contributed by atoms with van der Waals surface area (Å²) in [5.41, 5.74) is 1.37. The fraction of sp³-hybridized carbons (Fsp3) is 0.556. The summed E-state index contributed by atoms with van der Waals surface area (Å²) in [5.74, 6) is 0. The van der Waals surface area contributed by atoms with Gasteiger partial charge in [0, 0.05) is 0 Å². The molecule has 0 atom stereocenters. The van der Waals surface area contributed by atoms with Gasteiger partial charge in [-0.2, -0.15) is 0 Å². The molecule has 0 fully saturated rings. The fourth-order valence-corrected chi connectivity index (χ4v) is 0.771. The van der Waals surface area contributed by atoms with Crippen molar-refractivity contribution in [3.05, 3.63) is 23.8 Å². The zero-order valence-corrected chi connectivity index (χ0v) is 6.80. The van der Waals surface area contributed by atoms with E-state index in [0.29, 0.717) is 0 Å². The van der Waals surface area contributed by atoms with Crippen molar-refractivity contribution in [2.24, 2.45) is 0 Å². The third-order valence-electron chi connectivity index (χ3n) is 1.27. The summed E-state index contributed by atoms with van der Waals surface area (Å²) in [4.78, 5) is 0. The topological polar surface area (TPSA) is 20.2 Å². The van der Waals surface area contributed by atoms with E-state index in [4.69, 9.17) is 5.11 Å². The van der Waals surface area contributed by atoms with Gasteiger partial charge in [-0.25, -0.2) is 0 Å². The Balaban J connectivity index is 3.56. The van der Waals surface area contributed by atoms with Gasteiger partial charge in [-0.05, 0) is 13.3 Å². The zero-order valence-electron chi connectivity index (χ0n) is 6.80. The molecule has 0 aliphatic rings. The van der Waals surface area contributed by atoms with Crippen LogP contribution in [0.15, 0.2) is 23.8 Å². The maximum atomic E-state index is 8.39. The van der Waals surface area contributed by atoms with Crippen LogP contribution in [0.1, 0.15) is 26.7 Å². The van der Waals surface area contributed by atoms with E-state index in [1.54, 1.807) is 6.08 Å². The highest BCUT2D eigenvalue weighted by Crippen LogP contribution is 2.02. The van der Waals surface area contributed by atoms with Gasteiger partial charge in [0.25, 0.3) is 0 Å². The lowest BCUT2D eigenvalue weighted by atomic mass is 10.1. The number of rotatable bonds is 4. The van der Waals surface area contributed by atoms with Gasteiger partial charge in [0.1, 0.15) is 0 Å². The molecule has 0 saturated carbocycles. The van der Waals surface area contributed by atoms with Gasteiger partial charge in [0.2, 0.25) is 0 Å². The second kappa shape index (κ2) is 6.56. The van der Waals surface area contributed by atoms with Crippen LogP contribution >= 0.6 is 0 Å². The lowest BCUT2D eigenvalue weighted by Crippen LogP contribution is -1.73. The van der Waals surface area contributed by atoms with Gasteiger partial charge in [-0.1, -0.05) is 37.1 Å². The Bertz CT molecular complexity index is 123. The second-order valence-corrected chi connectivity index (χ2v) is 2.37. The van der Waals surface area contributed by atoms with Crippen molar-refractivity contribution in [2.75, 3.05) is 6.61 Å². The normalized spacial score (nSPS) is 12.9. The van der Waals surface area contributed by atoms with Crippen LogP contribution in [-0.2, 0) is 0 Å². The highest BCUT2D eigenvalue weighted by Gasteiger charge is 1.82. The lowest BCUT2D eigenvalue weighted by molar-refractivity contribution is 0.343. The van der Waals surface area contributed by atoms with Crippen LogP contribution in [0, 0.1) is 0 Å². The quantitative estimate of drug-likeness (QED) is 0.594. The van der Waals surface area contributed by atoms with Crippen molar-refractivity contribution in [3.8, 4) is 0 Å². The molecule has 0 aromatic heterocycles. The first-order valence-electron chi connectivity index (χ1n) is 3.74. The number of aliphatic hydroxyl groups excluding tert-OH is 1. The molecule has 0 rings (SSSR count). The van der Waals surface area contributed by atoms with Crippen LogP contribution < -0.4 is 0 Å². The van der Waals surface area contributed by atoms with E-state index in [1.165, 1.54) is 12.0 Å². The molecule has 1 N–H and O–H groups in total. The molecule has 0 aliphatic heterocycles. The summed E-state index contributed by atoms with van der Waals surface area (Å²) in [5, 5.41) is 8.39. The third kappa shape index (κ3) is 5.57. The van der Waals surface area contributed by atoms with E-state index in [-0.39, 0.29) is 6.61 Å².